The van der Waals surface area contributed by atoms with Crippen LogP contribution in [-0.2, 0) is 6.42 Å². The smallest absolute Gasteiger partial charge is 0.0316 e. The summed E-state index contributed by atoms with van der Waals surface area (Å²) in [6.45, 7) is 4.38. The number of nitrogen functional groups attached to an aromatic ring is 2. The van der Waals surface area contributed by atoms with Gasteiger partial charge in [-0.05, 0) is 47.4 Å². The van der Waals surface area contributed by atoms with Gasteiger partial charge in [0.05, 0.1) is 0 Å². The zero-order chi connectivity index (χ0) is 13.1. The van der Waals surface area contributed by atoms with Crippen LogP contribution in [0.3, 0.4) is 0 Å². The summed E-state index contributed by atoms with van der Waals surface area (Å²) in [7, 11) is 0. The highest BCUT2D eigenvalue weighted by atomic mass is 14.5. The van der Waals surface area contributed by atoms with Gasteiger partial charge in [0.25, 0.3) is 0 Å². The van der Waals surface area contributed by atoms with Gasteiger partial charge in [-0.15, -0.1) is 0 Å². The van der Waals surface area contributed by atoms with E-state index in [0.29, 0.717) is 5.92 Å². The second kappa shape index (κ2) is 5.13. The quantitative estimate of drug-likeness (QED) is 0.806. The van der Waals surface area contributed by atoms with Crippen molar-refractivity contribution in [2.45, 2.75) is 26.2 Å². The van der Waals surface area contributed by atoms with Crippen molar-refractivity contribution in [1.29, 1.82) is 0 Å². The van der Waals surface area contributed by atoms with Crippen LogP contribution in [0.2, 0.25) is 0 Å². The Morgan fingerprint density at radius 3 is 2.17 bits per heavy atom. The molecule has 0 spiro atoms. The van der Waals surface area contributed by atoms with Gasteiger partial charge in [0, 0.05) is 17.3 Å². The van der Waals surface area contributed by atoms with Crippen LogP contribution in [0, 0.1) is 0 Å². The summed E-state index contributed by atoms with van der Waals surface area (Å²) in [5, 5.41) is 0. The van der Waals surface area contributed by atoms with E-state index in [1.54, 1.807) is 0 Å². The summed E-state index contributed by atoms with van der Waals surface area (Å²) in [5.74, 6) is 0.362. The molecule has 2 rings (SSSR count). The van der Waals surface area contributed by atoms with Crippen LogP contribution in [0.5, 0.6) is 0 Å². The van der Waals surface area contributed by atoms with Crippen molar-refractivity contribution in [2.24, 2.45) is 0 Å². The first kappa shape index (κ1) is 12.5. The van der Waals surface area contributed by atoms with Crippen LogP contribution in [-0.4, -0.2) is 0 Å². The predicted molar refractivity (Wildman–Crippen MR) is 78.6 cm³/mol. The average molecular weight is 240 g/mol. The third-order valence-electron chi connectivity index (χ3n) is 3.45. The van der Waals surface area contributed by atoms with Gasteiger partial charge in [-0.2, -0.15) is 0 Å². The SMILES string of the molecule is CCc1cc(N)ccc1C(C)c1ccc(N)cc1. The Morgan fingerprint density at radius 2 is 1.56 bits per heavy atom. The molecule has 2 heteroatoms. The lowest BCUT2D eigenvalue weighted by Gasteiger charge is -2.17. The zero-order valence-electron chi connectivity index (χ0n) is 11.0. The number of benzene rings is 2. The topological polar surface area (TPSA) is 52.0 Å². The van der Waals surface area contributed by atoms with Crippen molar-refractivity contribution in [3.05, 3.63) is 59.2 Å². The predicted octanol–water partition coefficient (Wildman–Crippen LogP) is 3.57. The summed E-state index contributed by atoms with van der Waals surface area (Å²) in [6.07, 6.45) is 1.000. The van der Waals surface area contributed by atoms with Gasteiger partial charge in [-0.1, -0.05) is 32.0 Å². The van der Waals surface area contributed by atoms with Gasteiger partial charge in [-0.25, -0.2) is 0 Å². The monoisotopic (exact) mass is 240 g/mol. The zero-order valence-corrected chi connectivity index (χ0v) is 11.0. The van der Waals surface area contributed by atoms with Crippen LogP contribution in [0.1, 0.15) is 36.5 Å². The van der Waals surface area contributed by atoms with E-state index in [1.165, 1.54) is 16.7 Å². The average Bonchev–Trinajstić information content (AvgIpc) is 2.38. The van der Waals surface area contributed by atoms with Gasteiger partial charge in [0.2, 0.25) is 0 Å². The summed E-state index contributed by atoms with van der Waals surface area (Å²) < 4.78 is 0. The molecule has 0 heterocycles. The molecule has 94 valence electrons. The van der Waals surface area contributed by atoms with E-state index in [0.717, 1.165) is 17.8 Å². The third kappa shape index (κ3) is 2.48. The molecule has 0 bridgehead atoms. The number of aryl methyl sites for hydroxylation is 1. The lowest BCUT2D eigenvalue weighted by Crippen LogP contribution is -2.02. The molecular weight excluding hydrogens is 220 g/mol. The first-order valence-corrected chi connectivity index (χ1v) is 6.35. The maximum atomic E-state index is 5.85. The van der Waals surface area contributed by atoms with Crippen LogP contribution in [0.25, 0.3) is 0 Å². The molecule has 0 amide bonds. The van der Waals surface area contributed by atoms with Crippen molar-refractivity contribution in [3.63, 3.8) is 0 Å². The second-order valence-corrected chi connectivity index (χ2v) is 4.70. The van der Waals surface area contributed by atoms with Crippen molar-refractivity contribution < 1.29 is 0 Å². The maximum Gasteiger partial charge on any atom is 0.0316 e. The Labute approximate surface area is 109 Å². The number of rotatable bonds is 3. The molecule has 2 aromatic carbocycles. The van der Waals surface area contributed by atoms with E-state index >= 15 is 0 Å². The minimum absolute atomic E-state index is 0.362. The molecule has 2 nitrogen and oxygen atoms in total. The van der Waals surface area contributed by atoms with Crippen molar-refractivity contribution in [1.82, 2.24) is 0 Å². The Hall–Kier alpha value is -1.96. The first-order chi connectivity index (χ1) is 8.61. The molecular formula is C16H20N2. The third-order valence-corrected chi connectivity index (χ3v) is 3.45. The number of hydrogen-bond acceptors (Lipinski definition) is 2. The van der Waals surface area contributed by atoms with E-state index in [9.17, 15) is 0 Å². The standard InChI is InChI=1S/C16H20N2/c1-3-12-10-15(18)8-9-16(12)11(2)13-4-6-14(17)7-5-13/h4-11H,3,17-18H2,1-2H3. The van der Waals surface area contributed by atoms with Crippen LogP contribution >= 0.6 is 0 Å². The number of anilines is 2. The minimum Gasteiger partial charge on any atom is -0.399 e. The molecule has 0 aliphatic carbocycles. The molecule has 0 aliphatic rings. The van der Waals surface area contributed by atoms with Crippen LogP contribution < -0.4 is 11.5 Å². The Balaban J connectivity index is 2.39. The van der Waals surface area contributed by atoms with Gasteiger partial charge >= 0.3 is 0 Å². The lowest BCUT2D eigenvalue weighted by molar-refractivity contribution is 0.894. The molecule has 0 saturated heterocycles. The van der Waals surface area contributed by atoms with Crippen molar-refractivity contribution in [2.75, 3.05) is 11.5 Å². The van der Waals surface area contributed by atoms with E-state index in [4.69, 9.17) is 11.5 Å². The maximum absolute atomic E-state index is 5.85. The van der Waals surface area contributed by atoms with Crippen molar-refractivity contribution >= 4 is 11.4 Å². The number of nitrogens with two attached hydrogens (primary N) is 2. The second-order valence-electron chi connectivity index (χ2n) is 4.70. The molecule has 0 fully saturated rings. The van der Waals surface area contributed by atoms with Crippen LogP contribution in [0.4, 0.5) is 11.4 Å². The number of hydrogen-bond donors (Lipinski definition) is 2. The molecule has 4 N–H and O–H groups in total. The molecule has 0 aromatic heterocycles. The van der Waals surface area contributed by atoms with Gasteiger partial charge < -0.3 is 11.5 Å². The summed E-state index contributed by atoms with van der Waals surface area (Å²) in [6, 6.07) is 14.3. The van der Waals surface area contributed by atoms with E-state index in [-0.39, 0.29) is 0 Å². The Morgan fingerprint density at radius 1 is 0.944 bits per heavy atom. The first-order valence-electron chi connectivity index (χ1n) is 6.35. The summed E-state index contributed by atoms with van der Waals surface area (Å²) in [5.41, 5.74) is 17.2. The molecule has 0 saturated carbocycles. The largest absolute Gasteiger partial charge is 0.399 e. The highest BCUT2D eigenvalue weighted by Crippen LogP contribution is 2.29. The normalized spacial score (nSPS) is 12.3. The van der Waals surface area contributed by atoms with E-state index in [1.807, 2.05) is 18.2 Å². The van der Waals surface area contributed by atoms with Gasteiger partial charge in [-0.3, -0.25) is 0 Å². The van der Waals surface area contributed by atoms with Gasteiger partial charge in [0.15, 0.2) is 0 Å². The molecule has 2 aromatic rings. The Bertz CT molecular complexity index is 529. The van der Waals surface area contributed by atoms with Crippen molar-refractivity contribution in [3.8, 4) is 0 Å². The van der Waals surface area contributed by atoms with E-state index < -0.39 is 0 Å². The molecule has 18 heavy (non-hydrogen) atoms. The summed E-state index contributed by atoms with van der Waals surface area (Å²) >= 11 is 0. The molecule has 1 unspecified atom stereocenters. The molecule has 0 radical (unpaired) electrons. The lowest BCUT2D eigenvalue weighted by atomic mass is 9.88. The fraction of sp³-hybridized carbons (Fsp3) is 0.250. The summed E-state index contributed by atoms with van der Waals surface area (Å²) in [4.78, 5) is 0. The molecule has 0 aliphatic heterocycles. The Kier molecular flexibility index (Phi) is 3.56. The fourth-order valence-corrected chi connectivity index (χ4v) is 2.32. The molecule has 1 atom stereocenters. The van der Waals surface area contributed by atoms with Gasteiger partial charge in [0.1, 0.15) is 0 Å². The van der Waals surface area contributed by atoms with Crippen LogP contribution in [0.15, 0.2) is 42.5 Å². The highest BCUT2D eigenvalue weighted by molar-refractivity contribution is 5.49. The minimum atomic E-state index is 0.362. The van der Waals surface area contributed by atoms with E-state index in [2.05, 4.69) is 38.1 Å². The fourth-order valence-electron chi connectivity index (χ4n) is 2.32. The highest BCUT2D eigenvalue weighted by Gasteiger charge is 2.12.